The van der Waals surface area contributed by atoms with Crippen molar-refractivity contribution in [3.8, 4) is 11.5 Å². The molecule has 2 aromatic heterocycles. The number of carbonyl (C=O) groups is 1. The zero-order valence-corrected chi connectivity index (χ0v) is 15.6. The first kappa shape index (κ1) is 17.6. The first-order valence-electron chi connectivity index (χ1n) is 8.35. The summed E-state index contributed by atoms with van der Waals surface area (Å²) in [6, 6.07) is 1.51. The van der Waals surface area contributed by atoms with E-state index in [1.165, 1.54) is 10.4 Å². The largest absolute Gasteiger partial charge is 0.412 e. The van der Waals surface area contributed by atoms with Gasteiger partial charge in [-0.2, -0.15) is 4.31 Å². The molecular weight excluding hydrogens is 380 g/mol. The Balaban J connectivity index is 1.54. The predicted octanol–water partition coefficient (Wildman–Crippen LogP) is 1.05. The van der Waals surface area contributed by atoms with Crippen molar-refractivity contribution in [1.82, 2.24) is 19.4 Å². The maximum atomic E-state index is 12.7. The standard InChI is InChI=1S/C15H18N4O5S2/c20-15(18-3-1-2-4-18)14-17-16-13(24-14)11-9-12(25-10-11)26(21,22)19-5-7-23-8-6-19/h9-10H,1-8H2. The summed E-state index contributed by atoms with van der Waals surface area (Å²) >= 11 is 1.09. The molecule has 2 aromatic rings. The van der Waals surface area contributed by atoms with Crippen LogP contribution in [0.25, 0.3) is 11.5 Å². The summed E-state index contributed by atoms with van der Waals surface area (Å²) < 4.78 is 37.6. The first-order chi connectivity index (χ1) is 12.6. The number of nitrogens with zero attached hydrogens (tertiary/aromatic N) is 4. The van der Waals surface area contributed by atoms with Crippen LogP contribution in [0.15, 0.2) is 20.1 Å². The van der Waals surface area contributed by atoms with Crippen LogP contribution in [0.4, 0.5) is 0 Å². The lowest BCUT2D eigenvalue weighted by molar-refractivity contribution is 0.0731. The zero-order chi connectivity index (χ0) is 18.1. The highest BCUT2D eigenvalue weighted by Crippen LogP contribution is 2.30. The van der Waals surface area contributed by atoms with Gasteiger partial charge in [-0.15, -0.1) is 21.5 Å². The number of aromatic nitrogens is 2. The van der Waals surface area contributed by atoms with E-state index in [2.05, 4.69) is 10.2 Å². The van der Waals surface area contributed by atoms with Gasteiger partial charge in [-0.05, 0) is 18.9 Å². The molecule has 0 spiro atoms. The molecule has 11 heteroatoms. The van der Waals surface area contributed by atoms with Crippen LogP contribution in [0.1, 0.15) is 23.5 Å². The Morgan fingerprint density at radius 3 is 2.58 bits per heavy atom. The van der Waals surface area contributed by atoms with E-state index in [0.29, 0.717) is 45.0 Å². The highest BCUT2D eigenvalue weighted by atomic mass is 32.2. The molecule has 4 rings (SSSR count). The third-order valence-electron chi connectivity index (χ3n) is 4.39. The van der Waals surface area contributed by atoms with Crippen molar-refractivity contribution in [2.45, 2.75) is 17.1 Å². The Morgan fingerprint density at radius 1 is 1.12 bits per heavy atom. The van der Waals surface area contributed by atoms with E-state index < -0.39 is 10.0 Å². The number of hydrogen-bond donors (Lipinski definition) is 0. The number of thiophene rings is 1. The van der Waals surface area contributed by atoms with E-state index in [4.69, 9.17) is 9.15 Å². The van der Waals surface area contributed by atoms with Crippen LogP contribution in [0.3, 0.4) is 0 Å². The SMILES string of the molecule is O=C(c1nnc(-c2csc(S(=O)(=O)N3CCOCC3)c2)o1)N1CCCC1. The fourth-order valence-corrected chi connectivity index (χ4v) is 5.67. The number of morpholine rings is 1. The van der Waals surface area contributed by atoms with Crippen LogP contribution < -0.4 is 0 Å². The van der Waals surface area contributed by atoms with E-state index in [1.54, 1.807) is 10.3 Å². The average Bonchev–Trinajstić information content (AvgIpc) is 3.42. The van der Waals surface area contributed by atoms with Gasteiger partial charge in [0.15, 0.2) is 0 Å². The number of likely N-dealkylation sites (tertiary alicyclic amines) is 1. The molecule has 26 heavy (non-hydrogen) atoms. The molecule has 0 bridgehead atoms. The van der Waals surface area contributed by atoms with Crippen molar-refractivity contribution in [3.05, 3.63) is 17.3 Å². The first-order valence-corrected chi connectivity index (χ1v) is 10.7. The Labute approximate surface area is 154 Å². The number of ether oxygens (including phenoxy) is 1. The molecular formula is C15H18N4O5S2. The van der Waals surface area contributed by atoms with Crippen LogP contribution in [-0.4, -0.2) is 73.1 Å². The fraction of sp³-hybridized carbons (Fsp3) is 0.533. The molecule has 9 nitrogen and oxygen atoms in total. The van der Waals surface area contributed by atoms with Gasteiger partial charge in [0.25, 0.3) is 10.0 Å². The van der Waals surface area contributed by atoms with Gasteiger partial charge in [0.05, 0.1) is 18.8 Å². The maximum absolute atomic E-state index is 12.7. The lowest BCUT2D eigenvalue weighted by Gasteiger charge is -2.25. The van der Waals surface area contributed by atoms with Gasteiger partial charge in [0.1, 0.15) is 4.21 Å². The minimum Gasteiger partial charge on any atom is -0.412 e. The van der Waals surface area contributed by atoms with Gasteiger partial charge in [0.2, 0.25) is 5.89 Å². The summed E-state index contributed by atoms with van der Waals surface area (Å²) in [4.78, 5) is 14.0. The van der Waals surface area contributed by atoms with Crippen molar-refractivity contribution < 1.29 is 22.4 Å². The van der Waals surface area contributed by atoms with E-state index >= 15 is 0 Å². The van der Waals surface area contributed by atoms with Crippen molar-refractivity contribution in [2.75, 3.05) is 39.4 Å². The van der Waals surface area contributed by atoms with Gasteiger partial charge >= 0.3 is 11.8 Å². The molecule has 2 aliphatic heterocycles. The second-order valence-corrected chi connectivity index (χ2v) is 9.16. The molecule has 2 fully saturated rings. The molecule has 2 saturated heterocycles. The Hall–Kier alpha value is -1.82. The van der Waals surface area contributed by atoms with Crippen LogP contribution in [-0.2, 0) is 14.8 Å². The second-order valence-electron chi connectivity index (χ2n) is 6.08. The Morgan fingerprint density at radius 2 is 1.85 bits per heavy atom. The fourth-order valence-electron chi connectivity index (χ4n) is 2.96. The van der Waals surface area contributed by atoms with Crippen LogP contribution in [0.5, 0.6) is 0 Å². The number of sulfonamides is 1. The van der Waals surface area contributed by atoms with Gasteiger partial charge < -0.3 is 14.1 Å². The lowest BCUT2D eigenvalue weighted by atomic mass is 10.3. The summed E-state index contributed by atoms with van der Waals surface area (Å²) in [5.41, 5.74) is 0.495. The molecule has 0 aromatic carbocycles. The molecule has 0 radical (unpaired) electrons. The highest BCUT2D eigenvalue weighted by molar-refractivity contribution is 7.91. The summed E-state index contributed by atoms with van der Waals surface area (Å²) in [5.74, 6) is -0.199. The van der Waals surface area contributed by atoms with E-state index in [-0.39, 0.29) is 21.9 Å². The summed E-state index contributed by atoms with van der Waals surface area (Å²) in [6.07, 6.45) is 1.94. The third kappa shape index (κ3) is 3.27. The van der Waals surface area contributed by atoms with Crippen LogP contribution in [0, 0.1) is 0 Å². The smallest absolute Gasteiger partial charge is 0.311 e. The highest BCUT2D eigenvalue weighted by Gasteiger charge is 2.29. The minimum atomic E-state index is -3.56. The molecule has 0 aliphatic carbocycles. The van der Waals surface area contributed by atoms with Gasteiger partial charge in [-0.1, -0.05) is 0 Å². The molecule has 0 atom stereocenters. The van der Waals surface area contributed by atoms with Crippen molar-refractivity contribution in [3.63, 3.8) is 0 Å². The van der Waals surface area contributed by atoms with E-state index in [9.17, 15) is 13.2 Å². The minimum absolute atomic E-state index is 0.0642. The molecule has 4 heterocycles. The zero-order valence-electron chi connectivity index (χ0n) is 14.0. The van der Waals surface area contributed by atoms with Gasteiger partial charge in [0, 0.05) is 31.6 Å². The molecule has 2 aliphatic rings. The monoisotopic (exact) mass is 398 g/mol. The second kappa shape index (κ2) is 7.06. The number of amides is 1. The summed E-state index contributed by atoms with van der Waals surface area (Å²) in [5, 5.41) is 9.36. The topological polar surface area (TPSA) is 106 Å². The van der Waals surface area contributed by atoms with E-state index in [0.717, 1.165) is 24.2 Å². The molecule has 0 saturated carbocycles. The lowest BCUT2D eigenvalue weighted by Crippen LogP contribution is -2.40. The van der Waals surface area contributed by atoms with E-state index in [1.807, 2.05) is 0 Å². The Kier molecular flexibility index (Phi) is 4.78. The number of rotatable bonds is 4. The maximum Gasteiger partial charge on any atom is 0.311 e. The quantitative estimate of drug-likeness (QED) is 0.758. The van der Waals surface area contributed by atoms with Crippen molar-refractivity contribution in [2.24, 2.45) is 0 Å². The molecule has 0 unspecified atom stereocenters. The van der Waals surface area contributed by atoms with Crippen LogP contribution in [0.2, 0.25) is 0 Å². The van der Waals surface area contributed by atoms with Crippen molar-refractivity contribution >= 4 is 27.3 Å². The molecule has 0 N–H and O–H groups in total. The Bertz CT molecular complexity index is 895. The third-order valence-corrected chi connectivity index (χ3v) is 7.70. The summed E-state index contributed by atoms with van der Waals surface area (Å²) in [7, 11) is -3.56. The van der Waals surface area contributed by atoms with Crippen LogP contribution >= 0.6 is 11.3 Å². The molecule has 1 amide bonds. The molecule has 140 valence electrons. The average molecular weight is 398 g/mol. The van der Waals surface area contributed by atoms with Crippen molar-refractivity contribution in [1.29, 1.82) is 0 Å². The predicted molar refractivity (Wildman–Crippen MR) is 92.3 cm³/mol. The number of carbonyl (C=O) groups excluding carboxylic acids is 1. The summed E-state index contributed by atoms with van der Waals surface area (Å²) in [6.45, 7) is 2.84. The number of hydrogen-bond acceptors (Lipinski definition) is 8. The van der Waals surface area contributed by atoms with Gasteiger partial charge in [-0.3, -0.25) is 4.79 Å². The van der Waals surface area contributed by atoms with Gasteiger partial charge in [-0.25, -0.2) is 8.42 Å². The normalized spacial score (nSPS) is 19.2.